The Kier molecular flexibility index (Phi) is 7.69. The van der Waals surface area contributed by atoms with Crippen LogP contribution in [0.1, 0.15) is 32.3 Å². The van der Waals surface area contributed by atoms with Gasteiger partial charge in [-0.25, -0.2) is 9.98 Å². The van der Waals surface area contributed by atoms with E-state index in [-0.39, 0.29) is 11.9 Å². The second-order valence-electron chi connectivity index (χ2n) is 7.83. The number of anilines is 1. The molecule has 1 aromatic heterocycles. The van der Waals surface area contributed by atoms with Crippen molar-refractivity contribution in [2.75, 3.05) is 57.8 Å². The van der Waals surface area contributed by atoms with Gasteiger partial charge in [-0.15, -0.1) is 0 Å². The molecule has 160 valence electrons. The third-order valence-corrected chi connectivity index (χ3v) is 5.59. The average Bonchev–Trinajstić information content (AvgIpc) is 3.21. The lowest BCUT2D eigenvalue weighted by Gasteiger charge is -2.33. The van der Waals surface area contributed by atoms with Crippen molar-refractivity contribution in [3.05, 3.63) is 23.9 Å². The molecule has 2 saturated heterocycles. The lowest BCUT2D eigenvalue weighted by Crippen LogP contribution is -2.45. The van der Waals surface area contributed by atoms with E-state index in [4.69, 9.17) is 4.99 Å². The monoisotopic (exact) mass is 401 g/mol. The first-order valence-corrected chi connectivity index (χ1v) is 10.8. The standard InChI is InChI=1S/C21H35N7O/c1-4-20(29)28-9-7-18(16-28)25-21(22-5-2)24-15-17-6-8-23-19(14-17)27-12-10-26(3)11-13-27/h6,8,14,18H,4-5,7,9-13,15-16H2,1-3H3,(H2,22,24,25). The van der Waals surface area contributed by atoms with Gasteiger partial charge in [0.05, 0.1) is 6.54 Å². The van der Waals surface area contributed by atoms with Crippen LogP contribution in [0.25, 0.3) is 0 Å². The summed E-state index contributed by atoms with van der Waals surface area (Å²) in [4.78, 5) is 27.9. The van der Waals surface area contributed by atoms with E-state index < -0.39 is 0 Å². The maximum atomic E-state index is 11.9. The lowest BCUT2D eigenvalue weighted by atomic mass is 10.2. The Labute approximate surface area is 174 Å². The fourth-order valence-electron chi connectivity index (χ4n) is 3.78. The van der Waals surface area contributed by atoms with Gasteiger partial charge in [0.1, 0.15) is 5.82 Å². The highest BCUT2D eigenvalue weighted by molar-refractivity contribution is 5.80. The third-order valence-electron chi connectivity index (χ3n) is 5.59. The molecule has 3 heterocycles. The fraction of sp³-hybridized carbons (Fsp3) is 0.667. The highest BCUT2D eigenvalue weighted by Crippen LogP contribution is 2.15. The number of pyridine rings is 1. The van der Waals surface area contributed by atoms with E-state index in [0.29, 0.717) is 13.0 Å². The molecule has 2 N–H and O–H groups in total. The van der Waals surface area contributed by atoms with Crippen LogP contribution < -0.4 is 15.5 Å². The molecule has 3 rings (SSSR count). The molecule has 29 heavy (non-hydrogen) atoms. The summed E-state index contributed by atoms with van der Waals surface area (Å²) in [6, 6.07) is 4.43. The molecular formula is C21H35N7O. The summed E-state index contributed by atoms with van der Waals surface area (Å²) < 4.78 is 0. The smallest absolute Gasteiger partial charge is 0.222 e. The van der Waals surface area contributed by atoms with Gasteiger partial charge in [-0.1, -0.05) is 6.92 Å². The molecule has 2 fully saturated rings. The van der Waals surface area contributed by atoms with Crippen LogP contribution in [0.4, 0.5) is 5.82 Å². The third kappa shape index (κ3) is 6.06. The fourth-order valence-corrected chi connectivity index (χ4v) is 3.78. The van der Waals surface area contributed by atoms with Crippen molar-refractivity contribution in [1.29, 1.82) is 0 Å². The normalized spacial score (nSPS) is 20.8. The van der Waals surface area contributed by atoms with Crippen molar-refractivity contribution < 1.29 is 4.79 Å². The molecular weight excluding hydrogens is 366 g/mol. The summed E-state index contributed by atoms with van der Waals surface area (Å²) >= 11 is 0. The summed E-state index contributed by atoms with van der Waals surface area (Å²) in [6.45, 7) is 11.1. The van der Waals surface area contributed by atoms with Gasteiger partial charge >= 0.3 is 0 Å². The van der Waals surface area contributed by atoms with Gasteiger partial charge < -0.3 is 25.3 Å². The Morgan fingerprint density at radius 1 is 1.24 bits per heavy atom. The van der Waals surface area contributed by atoms with E-state index in [1.54, 1.807) is 0 Å². The van der Waals surface area contributed by atoms with Crippen molar-refractivity contribution in [3.63, 3.8) is 0 Å². The van der Waals surface area contributed by atoms with Gasteiger partial charge in [0.2, 0.25) is 5.91 Å². The van der Waals surface area contributed by atoms with Crippen LogP contribution in [0.15, 0.2) is 23.3 Å². The van der Waals surface area contributed by atoms with Crippen molar-refractivity contribution >= 4 is 17.7 Å². The number of amides is 1. The van der Waals surface area contributed by atoms with Crippen molar-refractivity contribution in [2.24, 2.45) is 4.99 Å². The van der Waals surface area contributed by atoms with Crippen molar-refractivity contribution in [2.45, 2.75) is 39.3 Å². The molecule has 0 aliphatic carbocycles. The molecule has 1 unspecified atom stereocenters. The number of piperazine rings is 1. The Morgan fingerprint density at radius 2 is 2.03 bits per heavy atom. The summed E-state index contributed by atoms with van der Waals surface area (Å²) in [5.74, 6) is 2.07. The maximum Gasteiger partial charge on any atom is 0.222 e. The number of carbonyl (C=O) groups is 1. The predicted molar refractivity (Wildman–Crippen MR) is 117 cm³/mol. The Morgan fingerprint density at radius 3 is 2.76 bits per heavy atom. The van der Waals surface area contributed by atoms with Crippen molar-refractivity contribution in [1.82, 2.24) is 25.4 Å². The summed E-state index contributed by atoms with van der Waals surface area (Å²) in [5, 5.41) is 6.82. The molecule has 2 aliphatic heterocycles. The number of likely N-dealkylation sites (N-methyl/N-ethyl adjacent to an activating group) is 1. The molecule has 0 saturated carbocycles. The Balaban J connectivity index is 1.59. The zero-order valence-electron chi connectivity index (χ0n) is 18.0. The minimum Gasteiger partial charge on any atom is -0.357 e. The van der Waals surface area contributed by atoms with Gasteiger partial charge in [0, 0.05) is 64.5 Å². The molecule has 0 bridgehead atoms. The number of rotatable bonds is 6. The van der Waals surface area contributed by atoms with E-state index in [0.717, 1.165) is 69.6 Å². The van der Waals surface area contributed by atoms with Crippen LogP contribution in [0.2, 0.25) is 0 Å². The first-order valence-electron chi connectivity index (χ1n) is 10.8. The summed E-state index contributed by atoms with van der Waals surface area (Å²) in [5.41, 5.74) is 1.15. The minimum absolute atomic E-state index is 0.226. The van der Waals surface area contributed by atoms with E-state index >= 15 is 0 Å². The molecule has 1 amide bonds. The number of nitrogens with one attached hydrogen (secondary N) is 2. The molecule has 0 radical (unpaired) electrons. The summed E-state index contributed by atoms with van der Waals surface area (Å²) in [6.07, 6.45) is 3.40. The number of aliphatic imine (C=N–C) groups is 1. The zero-order chi connectivity index (χ0) is 20.6. The van der Waals surface area contributed by atoms with Gasteiger partial charge in [-0.2, -0.15) is 0 Å². The molecule has 8 nitrogen and oxygen atoms in total. The second kappa shape index (κ2) is 10.4. The molecule has 8 heteroatoms. The van der Waals surface area contributed by atoms with Gasteiger partial charge in [0.25, 0.3) is 0 Å². The first kappa shape index (κ1) is 21.4. The van der Waals surface area contributed by atoms with Gasteiger partial charge in [-0.3, -0.25) is 4.79 Å². The van der Waals surface area contributed by atoms with E-state index in [2.05, 4.69) is 45.5 Å². The number of nitrogens with zero attached hydrogens (tertiary/aromatic N) is 5. The Hall–Kier alpha value is -2.35. The number of aromatic nitrogens is 1. The van der Waals surface area contributed by atoms with Crippen LogP contribution >= 0.6 is 0 Å². The van der Waals surface area contributed by atoms with Gasteiger partial charge in [0.15, 0.2) is 5.96 Å². The van der Waals surface area contributed by atoms with Crippen LogP contribution in [0.3, 0.4) is 0 Å². The molecule has 1 atom stereocenters. The highest BCUT2D eigenvalue weighted by atomic mass is 16.2. The van der Waals surface area contributed by atoms with Crippen LogP contribution in [-0.4, -0.2) is 85.6 Å². The van der Waals surface area contributed by atoms with E-state index in [9.17, 15) is 4.79 Å². The maximum absolute atomic E-state index is 11.9. The number of likely N-dealkylation sites (tertiary alicyclic amines) is 1. The average molecular weight is 402 g/mol. The predicted octanol–water partition coefficient (Wildman–Crippen LogP) is 0.899. The van der Waals surface area contributed by atoms with Crippen LogP contribution in [0.5, 0.6) is 0 Å². The second-order valence-corrected chi connectivity index (χ2v) is 7.83. The summed E-state index contributed by atoms with van der Waals surface area (Å²) in [7, 11) is 2.16. The van der Waals surface area contributed by atoms with Crippen LogP contribution in [-0.2, 0) is 11.3 Å². The SMILES string of the molecule is CCNC(=NCc1ccnc(N2CCN(C)CC2)c1)NC1CCN(C(=O)CC)C1. The van der Waals surface area contributed by atoms with Gasteiger partial charge in [-0.05, 0) is 38.1 Å². The topological polar surface area (TPSA) is 76.1 Å². The van der Waals surface area contributed by atoms with Crippen LogP contribution in [0, 0.1) is 0 Å². The number of hydrogen-bond donors (Lipinski definition) is 2. The zero-order valence-corrected chi connectivity index (χ0v) is 18.0. The van der Waals surface area contributed by atoms with E-state index in [1.165, 1.54) is 0 Å². The number of hydrogen-bond acceptors (Lipinski definition) is 5. The highest BCUT2D eigenvalue weighted by Gasteiger charge is 2.25. The van der Waals surface area contributed by atoms with Crippen molar-refractivity contribution in [3.8, 4) is 0 Å². The quantitative estimate of drug-likeness (QED) is 0.545. The van der Waals surface area contributed by atoms with E-state index in [1.807, 2.05) is 24.1 Å². The molecule has 1 aromatic rings. The lowest BCUT2D eigenvalue weighted by molar-refractivity contribution is -0.129. The minimum atomic E-state index is 0.226. The molecule has 0 aromatic carbocycles. The number of carbonyl (C=O) groups excluding carboxylic acids is 1. The molecule has 2 aliphatic rings. The largest absolute Gasteiger partial charge is 0.357 e. The number of guanidine groups is 1. The first-order chi connectivity index (χ1) is 14.1. The Bertz CT molecular complexity index is 700. The molecule has 0 spiro atoms.